The van der Waals surface area contributed by atoms with E-state index < -0.39 is 6.09 Å². The molecule has 1 aromatic rings. The van der Waals surface area contributed by atoms with E-state index in [4.69, 9.17) is 4.84 Å². The molecule has 21 heavy (non-hydrogen) atoms. The first-order valence-electron chi connectivity index (χ1n) is 6.90. The third-order valence-electron chi connectivity index (χ3n) is 3.53. The van der Waals surface area contributed by atoms with Crippen molar-refractivity contribution in [2.45, 2.75) is 19.9 Å². The first kappa shape index (κ1) is 13.6. The number of fused-ring (bicyclic) bond motifs is 3. The zero-order valence-corrected chi connectivity index (χ0v) is 11.7. The minimum atomic E-state index is -0.675. The molecule has 2 aliphatic rings. The summed E-state index contributed by atoms with van der Waals surface area (Å²) in [4.78, 5) is 28.0. The summed E-state index contributed by atoms with van der Waals surface area (Å²) in [5.41, 5.74) is 3.87. The van der Waals surface area contributed by atoms with Crippen molar-refractivity contribution in [1.29, 1.82) is 0 Å². The number of nitrogens with one attached hydrogen (secondary N) is 3. The number of amides is 2. The summed E-state index contributed by atoms with van der Waals surface area (Å²) in [6.45, 7) is 3.85. The topological polar surface area (TPSA) is 91.8 Å². The fourth-order valence-electron chi connectivity index (χ4n) is 2.55. The van der Waals surface area contributed by atoms with E-state index in [-0.39, 0.29) is 11.6 Å². The maximum atomic E-state index is 12.0. The zero-order valence-electron chi connectivity index (χ0n) is 11.7. The number of anilines is 1. The number of carbonyl (C=O) groups is 2. The molecule has 3 rings (SSSR count). The summed E-state index contributed by atoms with van der Waals surface area (Å²) in [6, 6.07) is 3.84. The van der Waals surface area contributed by atoms with Crippen LogP contribution in [-0.4, -0.2) is 30.8 Å². The Morgan fingerprint density at radius 1 is 1.48 bits per heavy atom. The molecular weight excluding hydrogens is 272 g/mol. The Morgan fingerprint density at radius 2 is 2.33 bits per heavy atom. The molecule has 7 nitrogen and oxygen atoms in total. The summed E-state index contributed by atoms with van der Waals surface area (Å²) in [6.07, 6.45) is 0.256. The van der Waals surface area contributed by atoms with Crippen LogP contribution in [0.3, 0.4) is 0 Å². The van der Waals surface area contributed by atoms with Crippen LogP contribution in [0.15, 0.2) is 17.3 Å². The maximum Gasteiger partial charge on any atom is 0.433 e. The quantitative estimate of drug-likeness (QED) is 0.553. The third-order valence-corrected chi connectivity index (χ3v) is 3.53. The number of nitrogens with zero attached hydrogens (tertiary/aromatic N) is 1. The van der Waals surface area contributed by atoms with Crippen molar-refractivity contribution in [2.75, 3.05) is 18.4 Å². The molecule has 0 saturated heterocycles. The molecule has 2 aliphatic heterocycles. The smallest absolute Gasteiger partial charge is 0.320 e. The molecule has 0 saturated carbocycles. The van der Waals surface area contributed by atoms with Crippen LogP contribution in [0.5, 0.6) is 0 Å². The van der Waals surface area contributed by atoms with Gasteiger partial charge < -0.3 is 16.0 Å². The first-order valence-corrected chi connectivity index (χ1v) is 6.90. The van der Waals surface area contributed by atoms with E-state index in [0.29, 0.717) is 18.7 Å². The summed E-state index contributed by atoms with van der Waals surface area (Å²) in [5, 5.41) is 12.2. The molecule has 2 heterocycles. The van der Waals surface area contributed by atoms with E-state index >= 15 is 0 Å². The Hall–Kier alpha value is -2.41. The van der Waals surface area contributed by atoms with E-state index in [1.807, 2.05) is 12.1 Å². The molecular formula is C14H16N4O3. The van der Waals surface area contributed by atoms with Crippen LogP contribution in [0, 0.1) is 0 Å². The number of carbonyl (C=O) groups excluding carboxylic acids is 2. The number of oxime groups is 1. The van der Waals surface area contributed by atoms with Crippen LogP contribution < -0.4 is 16.0 Å². The second-order valence-corrected chi connectivity index (χ2v) is 4.86. The predicted molar refractivity (Wildman–Crippen MR) is 77.2 cm³/mol. The van der Waals surface area contributed by atoms with Crippen molar-refractivity contribution in [3.05, 3.63) is 28.8 Å². The van der Waals surface area contributed by atoms with Crippen molar-refractivity contribution in [3.8, 4) is 0 Å². The van der Waals surface area contributed by atoms with Gasteiger partial charge in [0, 0.05) is 18.7 Å². The Bertz CT molecular complexity index is 639. The highest BCUT2D eigenvalue weighted by molar-refractivity contribution is 6.53. The minimum absolute atomic E-state index is 0.129. The molecule has 2 amide bonds. The summed E-state index contributed by atoms with van der Waals surface area (Å²) in [5.74, 6) is -0.353. The fraction of sp³-hybridized carbons (Fsp3) is 0.357. The molecule has 0 spiro atoms. The van der Waals surface area contributed by atoms with Gasteiger partial charge in [-0.05, 0) is 31.0 Å². The maximum absolute atomic E-state index is 12.0. The first-order chi connectivity index (χ1) is 10.2. The van der Waals surface area contributed by atoms with Crippen LogP contribution >= 0.6 is 0 Å². The molecule has 0 aliphatic carbocycles. The van der Waals surface area contributed by atoms with E-state index in [0.717, 1.165) is 24.2 Å². The fourth-order valence-corrected chi connectivity index (χ4v) is 2.55. The molecule has 7 heteroatoms. The largest absolute Gasteiger partial charge is 0.433 e. The highest BCUT2D eigenvalue weighted by Gasteiger charge is 2.31. The SMILES string of the molecule is CCNC(=O)ON=C1C(=O)Nc2c1ccc1c2CNCC1. The minimum Gasteiger partial charge on any atom is -0.320 e. The molecule has 0 atom stereocenters. The van der Waals surface area contributed by atoms with Crippen LogP contribution in [-0.2, 0) is 22.6 Å². The highest BCUT2D eigenvalue weighted by atomic mass is 16.7. The van der Waals surface area contributed by atoms with Gasteiger partial charge in [0.2, 0.25) is 0 Å². The molecule has 0 fully saturated rings. The summed E-state index contributed by atoms with van der Waals surface area (Å²) < 4.78 is 0. The summed E-state index contributed by atoms with van der Waals surface area (Å²) in [7, 11) is 0. The Morgan fingerprint density at radius 3 is 3.14 bits per heavy atom. The van der Waals surface area contributed by atoms with Gasteiger partial charge in [0.05, 0.1) is 5.69 Å². The van der Waals surface area contributed by atoms with Crippen molar-refractivity contribution in [3.63, 3.8) is 0 Å². The van der Waals surface area contributed by atoms with Gasteiger partial charge in [0.15, 0.2) is 5.71 Å². The van der Waals surface area contributed by atoms with E-state index in [1.165, 1.54) is 5.56 Å². The Balaban J connectivity index is 1.91. The van der Waals surface area contributed by atoms with Gasteiger partial charge in [0.1, 0.15) is 0 Å². The molecule has 1 aromatic carbocycles. The molecule has 0 unspecified atom stereocenters. The molecule has 3 N–H and O–H groups in total. The molecule has 0 radical (unpaired) electrons. The van der Waals surface area contributed by atoms with Crippen LogP contribution in [0.4, 0.5) is 10.5 Å². The normalized spacial score (nSPS) is 18.0. The highest BCUT2D eigenvalue weighted by Crippen LogP contribution is 2.32. The number of rotatable bonds is 2. The lowest BCUT2D eigenvalue weighted by molar-refractivity contribution is -0.110. The Labute approximate surface area is 121 Å². The zero-order chi connectivity index (χ0) is 14.8. The third kappa shape index (κ3) is 2.47. The van der Waals surface area contributed by atoms with E-state index in [2.05, 4.69) is 21.1 Å². The van der Waals surface area contributed by atoms with Crippen LogP contribution in [0.2, 0.25) is 0 Å². The average molecular weight is 288 g/mol. The van der Waals surface area contributed by atoms with Crippen molar-refractivity contribution < 1.29 is 14.4 Å². The van der Waals surface area contributed by atoms with Gasteiger partial charge in [-0.25, -0.2) is 4.79 Å². The summed E-state index contributed by atoms with van der Waals surface area (Å²) >= 11 is 0. The van der Waals surface area contributed by atoms with E-state index in [9.17, 15) is 9.59 Å². The monoisotopic (exact) mass is 288 g/mol. The second kappa shape index (κ2) is 5.53. The Kier molecular flexibility index (Phi) is 3.57. The number of hydrogen-bond donors (Lipinski definition) is 3. The van der Waals surface area contributed by atoms with Gasteiger partial charge in [0.25, 0.3) is 5.91 Å². The molecule has 110 valence electrons. The standard InChI is InChI=1S/C14H16N4O3/c1-2-16-14(20)21-18-12-9-4-3-8-5-6-15-7-10(8)11(9)17-13(12)19/h3-4,15H,2,5-7H2,1H3,(H,16,20)(H,17,18,19). The van der Waals surface area contributed by atoms with Gasteiger partial charge in [-0.2, -0.15) is 0 Å². The second-order valence-electron chi connectivity index (χ2n) is 4.86. The van der Waals surface area contributed by atoms with E-state index in [1.54, 1.807) is 6.92 Å². The van der Waals surface area contributed by atoms with Crippen molar-refractivity contribution in [2.24, 2.45) is 5.16 Å². The number of benzene rings is 1. The molecule has 0 aromatic heterocycles. The lowest BCUT2D eigenvalue weighted by Crippen LogP contribution is -2.24. The van der Waals surface area contributed by atoms with Gasteiger partial charge in [-0.15, -0.1) is 0 Å². The lowest BCUT2D eigenvalue weighted by Gasteiger charge is -2.19. The van der Waals surface area contributed by atoms with Crippen LogP contribution in [0.1, 0.15) is 23.6 Å². The van der Waals surface area contributed by atoms with Gasteiger partial charge in [-0.1, -0.05) is 17.3 Å². The van der Waals surface area contributed by atoms with Gasteiger partial charge >= 0.3 is 6.09 Å². The average Bonchev–Trinajstić information content (AvgIpc) is 2.81. The van der Waals surface area contributed by atoms with Crippen LogP contribution in [0.25, 0.3) is 0 Å². The van der Waals surface area contributed by atoms with Crippen molar-refractivity contribution >= 4 is 23.4 Å². The lowest BCUT2D eigenvalue weighted by atomic mass is 9.96. The van der Waals surface area contributed by atoms with Crippen molar-refractivity contribution in [1.82, 2.24) is 10.6 Å². The number of hydrogen-bond acceptors (Lipinski definition) is 5. The molecule has 0 bridgehead atoms. The predicted octanol–water partition coefficient (Wildman–Crippen LogP) is 0.735. The van der Waals surface area contributed by atoms with Gasteiger partial charge in [-0.3, -0.25) is 9.63 Å².